The van der Waals surface area contributed by atoms with Gasteiger partial charge in [-0.2, -0.15) is 0 Å². The van der Waals surface area contributed by atoms with Crippen LogP contribution in [0.2, 0.25) is 10.3 Å². The van der Waals surface area contributed by atoms with Gasteiger partial charge in [0, 0.05) is 5.75 Å². The van der Waals surface area contributed by atoms with Crippen LogP contribution in [0.25, 0.3) is 10.8 Å². The molecule has 3 nitrogen and oxygen atoms in total. The first-order valence-corrected chi connectivity index (χ1v) is 8.21. The average Bonchev–Trinajstić information content (AvgIpc) is 2.52. The number of benzene rings is 2. The lowest BCUT2D eigenvalue weighted by Crippen LogP contribution is -1.95. The van der Waals surface area contributed by atoms with Gasteiger partial charge in [0.2, 0.25) is 0 Å². The van der Waals surface area contributed by atoms with Crippen LogP contribution in [0.3, 0.4) is 0 Å². The molecule has 0 unspecified atom stereocenters. The molecular formula is C16H10Cl2N2OS. The van der Waals surface area contributed by atoms with Gasteiger partial charge in [-0.15, -0.1) is 0 Å². The molecular weight excluding hydrogens is 339 g/mol. The Morgan fingerprint density at radius 1 is 1.00 bits per heavy atom. The zero-order chi connectivity index (χ0) is 15.5. The molecule has 110 valence electrons. The van der Waals surface area contributed by atoms with Crippen molar-refractivity contribution in [2.75, 3.05) is 0 Å². The van der Waals surface area contributed by atoms with Crippen LogP contribution in [0.15, 0.2) is 47.6 Å². The molecule has 1 heterocycles. The van der Waals surface area contributed by atoms with Crippen LogP contribution in [0.1, 0.15) is 15.9 Å². The third-order valence-electron chi connectivity index (χ3n) is 3.19. The molecule has 0 saturated heterocycles. The van der Waals surface area contributed by atoms with E-state index in [2.05, 4.69) is 34.2 Å². The molecule has 3 aromatic rings. The van der Waals surface area contributed by atoms with Gasteiger partial charge in [-0.3, -0.25) is 4.79 Å². The Kier molecular flexibility index (Phi) is 4.62. The SMILES string of the molecule is O=Cc1c(Cl)nc(SCc2cccc3ccccc23)nc1Cl. The van der Waals surface area contributed by atoms with Crippen molar-refractivity contribution in [3.63, 3.8) is 0 Å². The van der Waals surface area contributed by atoms with Gasteiger partial charge in [-0.05, 0) is 16.3 Å². The molecule has 0 aliphatic carbocycles. The van der Waals surface area contributed by atoms with Gasteiger partial charge in [-0.1, -0.05) is 77.4 Å². The van der Waals surface area contributed by atoms with E-state index in [0.717, 1.165) is 0 Å². The van der Waals surface area contributed by atoms with Gasteiger partial charge in [-0.25, -0.2) is 9.97 Å². The molecule has 0 N–H and O–H groups in total. The topological polar surface area (TPSA) is 42.9 Å². The molecule has 0 bridgehead atoms. The number of carbonyl (C=O) groups excluding carboxylic acids is 1. The zero-order valence-corrected chi connectivity index (χ0v) is 13.6. The minimum absolute atomic E-state index is 0.0791. The molecule has 22 heavy (non-hydrogen) atoms. The van der Waals surface area contributed by atoms with Crippen LogP contribution >= 0.6 is 35.0 Å². The second-order valence-corrected chi connectivity index (χ2v) is 6.20. The summed E-state index contributed by atoms with van der Waals surface area (Å²) < 4.78 is 0. The molecule has 0 saturated carbocycles. The number of fused-ring (bicyclic) bond motifs is 1. The summed E-state index contributed by atoms with van der Waals surface area (Å²) in [6, 6.07) is 14.4. The summed E-state index contributed by atoms with van der Waals surface area (Å²) >= 11 is 13.3. The van der Waals surface area contributed by atoms with Crippen molar-refractivity contribution >= 4 is 52.0 Å². The van der Waals surface area contributed by atoms with Gasteiger partial charge in [0.1, 0.15) is 10.3 Å². The molecule has 0 aliphatic rings. The van der Waals surface area contributed by atoms with Crippen LogP contribution < -0.4 is 0 Å². The van der Waals surface area contributed by atoms with Crippen molar-refractivity contribution in [1.82, 2.24) is 9.97 Å². The van der Waals surface area contributed by atoms with Crippen LogP contribution in [-0.2, 0) is 5.75 Å². The highest BCUT2D eigenvalue weighted by Gasteiger charge is 2.11. The fourth-order valence-corrected chi connectivity index (χ4v) is 3.55. The van der Waals surface area contributed by atoms with Crippen molar-refractivity contribution in [1.29, 1.82) is 0 Å². The van der Waals surface area contributed by atoms with Crippen molar-refractivity contribution in [2.45, 2.75) is 10.9 Å². The molecule has 0 aliphatic heterocycles. The number of hydrogen-bond donors (Lipinski definition) is 0. The van der Waals surface area contributed by atoms with E-state index in [4.69, 9.17) is 23.2 Å². The summed E-state index contributed by atoms with van der Waals surface area (Å²) in [5.74, 6) is 0.689. The Balaban J connectivity index is 1.87. The normalized spacial score (nSPS) is 10.8. The summed E-state index contributed by atoms with van der Waals surface area (Å²) in [5.41, 5.74) is 1.30. The maximum absolute atomic E-state index is 10.8. The quantitative estimate of drug-likeness (QED) is 0.286. The summed E-state index contributed by atoms with van der Waals surface area (Å²) in [6.07, 6.45) is 0.559. The fourth-order valence-electron chi connectivity index (χ4n) is 2.12. The Morgan fingerprint density at radius 2 is 1.68 bits per heavy atom. The molecule has 0 fully saturated rings. The first-order chi connectivity index (χ1) is 10.7. The fraction of sp³-hybridized carbons (Fsp3) is 0.0625. The summed E-state index contributed by atoms with van der Waals surface area (Å²) in [5, 5.41) is 2.99. The van der Waals surface area contributed by atoms with E-state index in [9.17, 15) is 4.79 Å². The van der Waals surface area contributed by atoms with E-state index in [-0.39, 0.29) is 15.9 Å². The van der Waals surface area contributed by atoms with E-state index in [1.165, 1.54) is 28.1 Å². The van der Waals surface area contributed by atoms with Crippen molar-refractivity contribution < 1.29 is 4.79 Å². The molecule has 0 atom stereocenters. The third-order valence-corrected chi connectivity index (χ3v) is 4.66. The standard InChI is InChI=1S/C16H10Cl2N2OS/c17-14-13(8-21)15(18)20-16(19-14)22-9-11-6-3-5-10-4-1-2-7-12(10)11/h1-8H,9H2. The number of thioether (sulfide) groups is 1. The number of hydrogen-bond acceptors (Lipinski definition) is 4. The van der Waals surface area contributed by atoms with Gasteiger partial charge in [0.25, 0.3) is 0 Å². The van der Waals surface area contributed by atoms with E-state index < -0.39 is 0 Å². The molecule has 6 heteroatoms. The number of aromatic nitrogens is 2. The maximum Gasteiger partial charge on any atom is 0.190 e. The second kappa shape index (κ2) is 6.65. The molecule has 0 amide bonds. The first kappa shape index (κ1) is 15.3. The highest BCUT2D eigenvalue weighted by atomic mass is 35.5. The second-order valence-electron chi connectivity index (χ2n) is 4.55. The lowest BCUT2D eigenvalue weighted by atomic mass is 10.1. The summed E-state index contributed by atoms with van der Waals surface area (Å²) in [4.78, 5) is 19.0. The Bertz CT molecular complexity index is 826. The minimum Gasteiger partial charge on any atom is -0.298 e. The minimum atomic E-state index is 0.0791. The smallest absolute Gasteiger partial charge is 0.190 e. The zero-order valence-electron chi connectivity index (χ0n) is 11.3. The van der Waals surface area contributed by atoms with Gasteiger partial charge in [0.05, 0.1) is 5.56 Å². The molecule has 3 rings (SSSR count). The first-order valence-electron chi connectivity index (χ1n) is 6.46. The van der Waals surface area contributed by atoms with E-state index in [1.807, 2.05) is 18.2 Å². The van der Waals surface area contributed by atoms with Crippen LogP contribution in [0.5, 0.6) is 0 Å². The van der Waals surface area contributed by atoms with Gasteiger partial charge in [0.15, 0.2) is 11.4 Å². The average molecular weight is 349 g/mol. The highest BCUT2D eigenvalue weighted by Crippen LogP contribution is 2.28. The largest absolute Gasteiger partial charge is 0.298 e. The molecule has 0 spiro atoms. The third kappa shape index (κ3) is 3.09. The van der Waals surface area contributed by atoms with Gasteiger partial charge >= 0.3 is 0 Å². The van der Waals surface area contributed by atoms with Crippen molar-refractivity contribution in [2.24, 2.45) is 0 Å². The number of aldehydes is 1. The number of nitrogens with zero attached hydrogens (tertiary/aromatic N) is 2. The lowest BCUT2D eigenvalue weighted by molar-refractivity contribution is 0.112. The number of rotatable bonds is 4. The summed E-state index contributed by atoms with van der Waals surface area (Å²) in [6.45, 7) is 0. The maximum atomic E-state index is 10.8. The molecule has 0 radical (unpaired) electrons. The van der Waals surface area contributed by atoms with Gasteiger partial charge < -0.3 is 0 Å². The predicted octanol–water partition coefficient (Wildman–Crippen LogP) is 5.04. The van der Waals surface area contributed by atoms with E-state index >= 15 is 0 Å². The Morgan fingerprint density at radius 3 is 2.41 bits per heavy atom. The summed E-state index contributed by atoms with van der Waals surface area (Å²) in [7, 11) is 0. The Hall–Kier alpha value is -1.62. The molecule has 2 aromatic carbocycles. The van der Waals surface area contributed by atoms with Crippen LogP contribution in [0, 0.1) is 0 Å². The monoisotopic (exact) mass is 348 g/mol. The van der Waals surface area contributed by atoms with Crippen molar-refractivity contribution in [3.05, 3.63) is 63.9 Å². The van der Waals surface area contributed by atoms with Crippen LogP contribution in [-0.4, -0.2) is 16.3 Å². The molecule has 1 aromatic heterocycles. The predicted molar refractivity (Wildman–Crippen MR) is 90.9 cm³/mol. The van der Waals surface area contributed by atoms with E-state index in [0.29, 0.717) is 17.2 Å². The lowest BCUT2D eigenvalue weighted by Gasteiger charge is -2.07. The Labute approximate surface area is 141 Å². The van der Waals surface area contributed by atoms with Crippen molar-refractivity contribution in [3.8, 4) is 0 Å². The van der Waals surface area contributed by atoms with Crippen LogP contribution in [0.4, 0.5) is 0 Å². The van der Waals surface area contributed by atoms with E-state index in [1.54, 1.807) is 0 Å². The highest BCUT2D eigenvalue weighted by molar-refractivity contribution is 7.98. The number of carbonyl (C=O) groups is 1. The number of halogens is 2.